The van der Waals surface area contributed by atoms with Crippen LogP contribution in [0.15, 0.2) is 67.1 Å². The molecule has 154 valence electrons. The summed E-state index contributed by atoms with van der Waals surface area (Å²) < 4.78 is 7.94. The Balaban J connectivity index is 1.42. The lowest BCUT2D eigenvalue weighted by Gasteiger charge is -2.10. The van der Waals surface area contributed by atoms with Gasteiger partial charge in [0.25, 0.3) is 0 Å². The van der Waals surface area contributed by atoms with Gasteiger partial charge in [-0.15, -0.1) is 0 Å². The molecule has 0 atom stereocenters. The van der Waals surface area contributed by atoms with Gasteiger partial charge in [0.1, 0.15) is 30.3 Å². The fourth-order valence-corrected chi connectivity index (χ4v) is 3.80. The van der Waals surface area contributed by atoms with Gasteiger partial charge in [0.2, 0.25) is 0 Å². The number of hydrogen-bond donors (Lipinski definition) is 2. The second-order valence-corrected chi connectivity index (χ2v) is 7.47. The predicted octanol–water partition coefficient (Wildman–Crippen LogP) is 4.83. The number of ether oxygens (including phenoxy) is 1. The normalized spacial score (nSPS) is 11.2. The van der Waals surface area contributed by atoms with Gasteiger partial charge in [-0.3, -0.25) is 4.57 Å². The number of nitrogen functional groups attached to an aromatic ring is 1. The van der Waals surface area contributed by atoms with Gasteiger partial charge in [-0.05, 0) is 42.0 Å². The molecule has 5 aromatic rings. The van der Waals surface area contributed by atoms with Crippen LogP contribution < -0.4 is 15.8 Å². The first-order valence-corrected chi connectivity index (χ1v) is 10.1. The summed E-state index contributed by atoms with van der Waals surface area (Å²) in [6.45, 7) is 0.412. The van der Waals surface area contributed by atoms with E-state index in [4.69, 9.17) is 22.1 Å². The summed E-state index contributed by atoms with van der Waals surface area (Å²) in [6, 6.07) is 17.9. The molecule has 3 heterocycles. The number of rotatable bonds is 5. The molecule has 31 heavy (non-hydrogen) atoms. The highest BCUT2D eigenvalue weighted by atomic mass is 35.5. The zero-order valence-corrected chi connectivity index (χ0v) is 17.5. The number of nitrogens with zero attached hydrogens (tertiary/aromatic N) is 4. The molecule has 0 aliphatic carbocycles. The highest BCUT2D eigenvalue weighted by molar-refractivity contribution is 6.36. The monoisotopic (exact) mass is 430 g/mol. The molecule has 2 aromatic carbocycles. The summed E-state index contributed by atoms with van der Waals surface area (Å²) in [6.07, 6.45) is 3.23. The highest BCUT2D eigenvalue weighted by Crippen LogP contribution is 2.30. The Morgan fingerprint density at radius 3 is 2.84 bits per heavy atom. The Kier molecular flexibility index (Phi) is 4.80. The molecule has 0 amide bonds. The first kappa shape index (κ1) is 19.1. The fraction of sp³-hybridized carbons (Fsp3) is 0.0870. The van der Waals surface area contributed by atoms with E-state index >= 15 is 0 Å². The van der Waals surface area contributed by atoms with Crippen molar-refractivity contribution < 1.29 is 4.74 Å². The molecule has 0 unspecified atom stereocenters. The van der Waals surface area contributed by atoms with Crippen LogP contribution in [0.1, 0.15) is 5.56 Å². The molecule has 5 rings (SSSR count). The maximum atomic E-state index is 6.37. The molecule has 0 saturated carbocycles. The molecular formula is C23H19ClN6O. The second kappa shape index (κ2) is 7.77. The van der Waals surface area contributed by atoms with E-state index in [1.807, 2.05) is 66.2 Å². The maximum absolute atomic E-state index is 6.37. The van der Waals surface area contributed by atoms with Gasteiger partial charge in [-0.2, -0.15) is 0 Å². The standard InChI is InChI=1S/C23H19ClN6O/c1-26-20-8-6-15-5-7-17(10-19(15)29-20)31-12-14-3-2-4-16(9-14)30-11-18(24)21-22(25)27-13-28-23(21)30/h2-11,13H,12H2,1H3,(H,26,29)(H2,25,27,28). The third-order valence-electron chi connectivity index (χ3n) is 5.08. The molecular weight excluding hydrogens is 412 g/mol. The maximum Gasteiger partial charge on any atom is 0.151 e. The van der Waals surface area contributed by atoms with Gasteiger partial charge in [0.15, 0.2) is 5.65 Å². The predicted molar refractivity (Wildman–Crippen MR) is 124 cm³/mol. The molecule has 0 radical (unpaired) electrons. The van der Waals surface area contributed by atoms with Crippen molar-refractivity contribution in [3.05, 3.63) is 77.7 Å². The van der Waals surface area contributed by atoms with Crippen molar-refractivity contribution >= 4 is 45.2 Å². The summed E-state index contributed by atoms with van der Waals surface area (Å²) in [5, 5.41) is 5.28. The number of benzene rings is 2. The van der Waals surface area contributed by atoms with E-state index in [1.54, 1.807) is 6.20 Å². The number of aromatic nitrogens is 4. The van der Waals surface area contributed by atoms with Crippen molar-refractivity contribution in [2.45, 2.75) is 6.61 Å². The number of nitrogens with two attached hydrogens (primary N) is 1. The lowest BCUT2D eigenvalue weighted by Crippen LogP contribution is -2.00. The average molecular weight is 431 g/mol. The van der Waals surface area contributed by atoms with E-state index in [-0.39, 0.29) is 0 Å². The van der Waals surface area contributed by atoms with E-state index in [1.165, 1.54) is 6.33 Å². The van der Waals surface area contributed by atoms with Crippen LogP contribution in [0.25, 0.3) is 27.6 Å². The van der Waals surface area contributed by atoms with Crippen LogP contribution in [-0.4, -0.2) is 26.6 Å². The van der Waals surface area contributed by atoms with Crippen LogP contribution >= 0.6 is 11.6 Å². The Labute approximate surface area is 183 Å². The minimum atomic E-state index is 0.361. The number of anilines is 2. The van der Waals surface area contributed by atoms with Crippen molar-refractivity contribution in [2.24, 2.45) is 0 Å². The van der Waals surface area contributed by atoms with Crippen molar-refractivity contribution in [2.75, 3.05) is 18.1 Å². The molecule has 0 spiro atoms. The molecule has 3 aromatic heterocycles. The summed E-state index contributed by atoms with van der Waals surface area (Å²) in [7, 11) is 1.85. The second-order valence-electron chi connectivity index (χ2n) is 7.06. The Morgan fingerprint density at radius 2 is 1.97 bits per heavy atom. The van der Waals surface area contributed by atoms with Gasteiger partial charge in [0.05, 0.1) is 15.9 Å². The molecule has 3 N–H and O–H groups in total. The Morgan fingerprint density at radius 1 is 1.10 bits per heavy atom. The van der Waals surface area contributed by atoms with Crippen LogP contribution in [0.2, 0.25) is 5.02 Å². The van der Waals surface area contributed by atoms with Crippen LogP contribution in [0, 0.1) is 0 Å². The summed E-state index contributed by atoms with van der Waals surface area (Å²) in [4.78, 5) is 12.9. The third-order valence-corrected chi connectivity index (χ3v) is 5.37. The van der Waals surface area contributed by atoms with Crippen molar-refractivity contribution in [3.63, 3.8) is 0 Å². The zero-order valence-electron chi connectivity index (χ0n) is 16.7. The largest absolute Gasteiger partial charge is 0.489 e. The topological polar surface area (TPSA) is 90.9 Å². The Bertz CT molecular complexity index is 1410. The smallest absolute Gasteiger partial charge is 0.151 e. The molecule has 0 aliphatic heterocycles. The quantitative estimate of drug-likeness (QED) is 0.415. The van der Waals surface area contributed by atoms with E-state index in [0.717, 1.165) is 33.7 Å². The van der Waals surface area contributed by atoms with E-state index in [2.05, 4.69) is 20.3 Å². The highest BCUT2D eigenvalue weighted by Gasteiger charge is 2.13. The van der Waals surface area contributed by atoms with Gasteiger partial charge in [0, 0.05) is 30.4 Å². The number of nitrogens with one attached hydrogen (secondary N) is 1. The van der Waals surface area contributed by atoms with Crippen LogP contribution in [-0.2, 0) is 6.61 Å². The van der Waals surface area contributed by atoms with Crippen molar-refractivity contribution in [1.82, 2.24) is 19.5 Å². The first-order valence-electron chi connectivity index (χ1n) is 9.70. The fourth-order valence-electron chi connectivity index (χ4n) is 3.53. The number of halogens is 1. The van der Waals surface area contributed by atoms with E-state index in [9.17, 15) is 0 Å². The summed E-state index contributed by atoms with van der Waals surface area (Å²) in [5.74, 6) is 1.94. The minimum Gasteiger partial charge on any atom is -0.489 e. The van der Waals surface area contributed by atoms with E-state index in [0.29, 0.717) is 28.5 Å². The molecule has 0 fully saturated rings. The number of pyridine rings is 1. The van der Waals surface area contributed by atoms with Gasteiger partial charge < -0.3 is 15.8 Å². The van der Waals surface area contributed by atoms with Gasteiger partial charge in [-0.1, -0.05) is 23.7 Å². The molecule has 0 aliphatic rings. The molecule has 8 heteroatoms. The lowest BCUT2D eigenvalue weighted by atomic mass is 10.2. The molecule has 0 saturated heterocycles. The first-order chi connectivity index (χ1) is 15.1. The SMILES string of the molecule is CNc1ccc2ccc(OCc3cccc(-n4cc(Cl)c5c(N)ncnc54)c3)cc2n1. The Hall–Kier alpha value is -3.84. The van der Waals surface area contributed by atoms with Crippen molar-refractivity contribution in [1.29, 1.82) is 0 Å². The third kappa shape index (κ3) is 3.60. The van der Waals surface area contributed by atoms with Gasteiger partial charge >= 0.3 is 0 Å². The van der Waals surface area contributed by atoms with Crippen molar-refractivity contribution in [3.8, 4) is 11.4 Å². The minimum absolute atomic E-state index is 0.361. The molecule has 0 bridgehead atoms. The summed E-state index contributed by atoms with van der Waals surface area (Å²) in [5.41, 5.74) is 9.43. The zero-order chi connectivity index (χ0) is 21.4. The van der Waals surface area contributed by atoms with Crippen LogP contribution in [0.3, 0.4) is 0 Å². The average Bonchev–Trinajstić information content (AvgIpc) is 3.15. The molecule has 7 nitrogen and oxygen atoms in total. The lowest BCUT2D eigenvalue weighted by molar-refractivity contribution is 0.306. The summed E-state index contributed by atoms with van der Waals surface area (Å²) >= 11 is 6.37. The number of hydrogen-bond acceptors (Lipinski definition) is 6. The van der Waals surface area contributed by atoms with E-state index < -0.39 is 0 Å². The number of fused-ring (bicyclic) bond motifs is 2. The van der Waals surface area contributed by atoms with Gasteiger partial charge in [-0.25, -0.2) is 15.0 Å². The van der Waals surface area contributed by atoms with Crippen LogP contribution in [0.5, 0.6) is 5.75 Å². The van der Waals surface area contributed by atoms with Crippen LogP contribution in [0.4, 0.5) is 11.6 Å².